The van der Waals surface area contributed by atoms with E-state index in [9.17, 15) is 23.7 Å². The lowest BCUT2D eigenvalue weighted by molar-refractivity contribution is -0.385. The molecule has 21 heavy (non-hydrogen) atoms. The number of nitrogens with two attached hydrogens (primary N) is 1. The van der Waals surface area contributed by atoms with Crippen LogP contribution in [-0.2, 0) is 0 Å². The molecule has 0 aliphatic rings. The molecule has 1 amide bonds. The van der Waals surface area contributed by atoms with Crippen LogP contribution in [-0.4, -0.2) is 37.0 Å². The number of nitro groups is 1. The average Bonchev–Trinajstić information content (AvgIpc) is 2.44. The van der Waals surface area contributed by atoms with Crippen LogP contribution in [0.1, 0.15) is 10.4 Å². The third kappa shape index (κ3) is 5.12. The van der Waals surface area contributed by atoms with Crippen molar-refractivity contribution in [3.05, 3.63) is 33.9 Å². The van der Waals surface area contributed by atoms with Gasteiger partial charge in [0.2, 0.25) is 0 Å². The second-order valence-corrected chi connectivity index (χ2v) is 3.88. The van der Waals surface area contributed by atoms with E-state index in [0.717, 1.165) is 12.1 Å². The summed E-state index contributed by atoms with van der Waals surface area (Å²) in [5.74, 6) is -4.07. The van der Waals surface area contributed by atoms with Gasteiger partial charge in [0.1, 0.15) is 11.3 Å². The highest BCUT2D eigenvalue weighted by molar-refractivity contribution is 5.98. The number of carbonyl (C=O) groups excluding carboxylic acids is 1. The van der Waals surface area contributed by atoms with Gasteiger partial charge >= 0.3 is 0 Å². The smallest absolute Gasteiger partial charge is 0.282 e. The normalized spacial score (nSPS) is 10.5. The molecule has 1 aromatic carbocycles. The minimum atomic E-state index is -3.27. The van der Waals surface area contributed by atoms with Gasteiger partial charge in [-0.2, -0.15) is 0 Å². The van der Waals surface area contributed by atoms with Gasteiger partial charge in [0.15, 0.2) is 0 Å². The summed E-state index contributed by atoms with van der Waals surface area (Å²) in [7, 11) is 1.31. The van der Waals surface area contributed by atoms with Crippen LogP contribution in [0.25, 0.3) is 0 Å². The van der Waals surface area contributed by atoms with Gasteiger partial charge in [-0.25, -0.2) is 8.78 Å². The van der Waals surface area contributed by atoms with Crippen molar-refractivity contribution in [3.8, 4) is 5.75 Å². The first-order valence-electron chi connectivity index (χ1n) is 5.49. The van der Waals surface area contributed by atoms with Gasteiger partial charge in [0.25, 0.3) is 17.5 Å². The molecule has 0 fully saturated rings. The Morgan fingerprint density at radius 3 is 2.62 bits per heavy atom. The number of alkyl halides is 2. The number of nitro benzene ring substituents is 1. The molecule has 3 N–H and O–H groups in total. The van der Waals surface area contributed by atoms with Gasteiger partial charge in [-0.05, 0) is 12.1 Å². The molecule has 7 nitrogen and oxygen atoms in total. The van der Waals surface area contributed by atoms with E-state index in [4.69, 9.17) is 10.5 Å². The molecule has 0 heterocycles. The molecule has 0 aliphatic carbocycles. The van der Waals surface area contributed by atoms with E-state index in [1.165, 1.54) is 13.2 Å². The molecular weight excluding hydrogens is 312 g/mol. The number of ether oxygens (including phenoxy) is 1. The van der Waals surface area contributed by atoms with Gasteiger partial charge < -0.3 is 15.8 Å². The van der Waals surface area contributed by atoms with E-state index in [2.05, 4.69) is 0 Å². The Bertz CT molecular complexity index is 528. The molecule has 0 atom stereocenters. The number of rotatable bonds is 6. The van der Waals surface area contributed by atoms with Crippen molar-refractivity contribution in [1.29, 1.82) is 0 Å². The van der Waals surface area contributed by atoms with Gasteiger partial charge in [-0.1, -0.05) is 0 Å². The van der Waals surface area contributed by atoms with Crippen LogP contribution in [0.15, 0.2) is 18.2 Å². The number of halogens is 3. The number of nitrogens with zero attached hydrogens (tertiary/aromatic N) is 1. The van der Waals surface area contributed by atoms with Crippen LogP contribution in [0.4, 0.5) is 14.5 Å². The van der Waals surface area contributed by atoms with Gasteiger partial charge in [-0.15, -0.1) is 12.4 Å². The number of benzene rings is 1. The fourth-order valence-corrected chi connectivity index (χ4v) is 1.36. The van der Waals surface area contributed by atoms with Crippen molar-refractivity contribution in [3.63, 3.8) is 0 Å². The summed E-state index contributed by atoms with van der Waals surface area (Å²) in [6.45, 7) is -1.94. The molecule has 10 heteroatoms. The summed E-state index contributed by atoms with van der Waals surface area (Å²) in [6, 6.07) is 3.46. The zero-order chi connectivity index (χ0) is 15.3. The minimum Gasteiger partial charge on any atom is -0.497 e. The monoisotopic (exact) mass is 325 g/mol. The van der Waals surface area contributed by atoms with Crippen molar-refractivity contribution in [1.82, 2.24) is 5.32 Å². The molecule has 118 valence electrons. The first-order valence-corrected chi connectivity index (χ1v) is 5.49. The van der Waals surface area contributed by atoms with Crippen LogP contribution in [0.2, 0.25) is 0 Å². The number of hydrogen-bond acceptors (Lipinski definition) is 5. The van der Waals surface area contributed by atoms with E-state index in [0.29, 0.717) is 0 Å². The minimum absolute atomic E-state index is 0. The fourth-order valence-electron chi connectivity index (χ4n) is 1.36. The third-order valence-electron chi connectivity index (χ3n) is 2.45. The van der Waals surface area contributed by atoms with Crippen LogP contribution in [0.5, 0.6) is 5.75 Å². The summed E-state index contributed by atoms with van der Waals surface area (Å²) in [4.78, 5) is 21.8. The first-order chi connectivity index (χ1) is 9.30. The lowest BCUT2D eigenvalue weighted by atomic mass is 10.1. The molecule has 0 bridgehead atoms. The van der Waals surface area contributed by atoms with Crippen molar-refractivity contribution in [2.24, 2.45) is 5.73 Å². The molecule has 0 aliphatic heterocycles. The number of methoxy groups -OCH3 is 1. The number of nitrogens with one attached hydrogen (secondary N) is 1. The Morgan fingerprint density at radius 1 is 1.52 bits per heavy atom. The largest absolute Gasteiger partial charge is 0.497 e. The third-order valence-corrected chi connectivity index (χ3v) is 2.45. The molecule has 0 radical (unpaired) electrons. The molecule has 1 rings (SSSR count). The summed E-state index contributed by atoms with van der Waals surface area (Å²) in [6.07, 6.45) is 0. The molecule has 0 saturated heterocycles. The Labute approximate surface area is 125 Å². The van der Waals surface area contributed by atoms with E-state index in [-0.39, 0.29) is 23.7 Å². The molecule has 0 saturated carbocycles. The van der Waals surface area contributed by atoms with Crippen molar-refractivity contribution < 1.29 is 23.2 Å². The SMILES string of the molecule is COc1ccc([N+](=O)[O-])c(C(=O)NCC(F)(F)CN)c1.Cl. The van der Waals surface area contributed by atoms with E-state index in [1.807, 2.05) is 5.32 Å². The zero-order valence-electron chi connectivity index (χ0n) is 11.0. The van der Waals surface area contributed by atoms with Gasteiger partial charge in [0, 0.05) is 6.07 Å². The summed E-state index contributed by atoms with van der Waals surface area (Å²) in [5, 5.41) is 12.7. The maximum absolute atomic E-state index is 12.9. The standard InChI is InChI=1S/C11H13F2N3O4.ClH/c1-20-7-2-3-9(16(18)19)8(4-7)10(17)15-6-11(12,13)5-14;/h2-4H,5-6,14H2,1H3,(H,15,17);1H. The molecular formula is C11H14ClF2N3O4. The molecule has 1 aromatic rings. The fraction of sp³-hybridized carbons (Fsp3) is 0.364. The van der Waals surface area contributed by atoms with Crippen molar-refractivity contribution >= 4 is 24.0 Å². The van der Waals surface area contributed by atoms with Crippen LogP contribution < -0.4 is 15.8 Å². The summed E-state index contributed by atoms with van der Waals surface area (Å²) < 4.78 is 30.7. The Morgan fingerprint density at radius 2 is 2.14 bits per heavy atom. The second kappa shape index (κ2) is 7.70. The van der Waals surface area contributed by atoms with E-state index in [1.54, 1.807) is 0 Å². The summed E-state index contributed by atoms with van der Waals surface area (Å²) >= 11 is 0. The topological polar surface area (TPSA) is 107 Å². The van der Waals surface area contributed by atoms with Gasteiger partial charge in [0.05, 0.1) is 25.1 Å². The molecule has 0 unspecified atom stereocenters. The average molecular weight is 326 g/mol. The second-order valence-electron chi connectivity index (χ2n) is 3.88. The summed E-state index contributed by atoms with van der Waals surface area (Å²) in [5.41, 5.74) is 3.97. The number of amides is 1. The Balaban J connectivity index is 0.00000400. The highest BCUT2D eigenvalue weighted by Gasteiger charge is 2.29. The highest BCUT2D eigenvalue weighted by atomic mass is 35.5. The van der Waals surface area contributed by atoms with E-state index < -0.39 is 35.5 Å². The van der Waals surface area contributed by atoms with Crippen LogP contribution >= 0.6 is 12.4 Å². The van der Waals surface area contributed by atoms with Crippen molar-refractivity contribution in [2.45, 2.75) is 5.92 Å². The van der Waals surface area contributed by atoms with Crippen LogP contribution in [0, 0.1) is 10.1 Å². The first kappa shape index (κ1) is 19.0. The maximum Gasteiger partial charge on any atom is 0.282 e. The van der Waals surface area contributed by atoms with Crippen molar-refractivity contribution in [2.75, 3.05) is 20.2 Å². The molecule has 0 aromatic heterocycles. The Kier molecular flexibility index (Phi) is 6.96. The van der Waals surface area contributed by atoms with E-state index >= 15 is 0 Å². The highest BCUT2D eigenvalue weighted by Crippen LogP contribution is 2.24. The predicted molar refractivity (Wildman–Crippen MR) is 73.2 cm³/mol. The quantitative estimate of drug-likeness (QED) is 0.606. The Hall–Kier alpha value is -2.00. The van der Waals surface area contributed by atoms with Crippen LogP contribution in [0.3, 0.4) is 0 Å². The maximum atomic E-state index is 12.9. The predicted octanol–water partition coefficient (Wildman–Crippen LogP) is 1.35. The lowest BCUT2D eigenvalue weighted by Gasteiger charge is -2.14. The lowest BCUT2D eigenvalue weighted by Crippen LogP contribution is -2.41. The van der Waals surface area contributed by atoms with Gasteiger partial charge in [-0.3, -0.25) is 14.9 Å². The number of hydrogen-bond donors (Lipinski definition) is 2. The zero-order valence-corrected chi connectivity index (χ0v) is 11.8. The number of carbonyl (C=O) groups is 1. The molecule has 0 spiro atoms.